The molecule has 0 radical (unpaired) electrons. The van der Waals surface area contributed by atoms with Crippen LogP contribution in [-0.4, -0.2) is 29.6 Å². The first-order valence-corrected chi connectivity index (χ1v) is 3.91. The summed E-state index contributed by atoms with van der Waals surface area (Å²) in [6.45, 7) is 5.59. The van der Waals surface area contributed by atoms with E-state index in [1.165, 1.54) is 13.0 Å². The predicted octanol–water partition coefficient (Wildman–Crippen LogP) is -1.53. The van der Waals surface area contributed by atoms with Crippen LogP contribution < -0.4 is 24.0 Å². The van der Waals surface area contributed by atoms with Crippen molar-refractivity contribution in [3.63, 3.8) is 0 Å². The van der Waals surface area contributed by atoms with Crippen LogP contribution in [0.5, 0.6) is 0 Å². The van der Waals surface area contributed by atoms with Crippen LogP contribution >= 0.6 is 0 Å². The van der Waals surface area contributed by atoms with Crippen molar-refractivity contribution in [1.29, 1.82) is 0 Å². The molecule has 0 bridgehead atoms. The quantitative estimate of drug-likeness (QED) is 0.560. The predicted molar refractivity (Wildman–Crippen MR) is 43.4 cm³/mol. The maximum Gasteiger partial charge on any atom is 0.0974 e. The zero-order valence-corrected chi connectivity index (χ0v) is 9.58. The summed E-state index contributed by atoms with van der Waals surface area (Å²) in [5.41, 5.74) is 0. The monoisotopic (exact) mass is 267 g/mol. The van der Waals surface area contributed by atoms with Crippen LogP contribution in [-0.2, 0) is 0 Å². The molecule has 0 aromatic heterocycles. The molecular weight excluding hydrogens is 251 g/mol. The molecule has 0 N–H and O–H groups in total. The molecule has 0 fully saturated rings. The number of nitrogens with zero attached hydrogens (tertiary/aromatic N) is 2. The molecule has 1 atom stereocenters. The maximum atomic E-state index is 2.35. The van der Waals surface area contributed by atoms with Crippen molar-refractivity contribution in [1.82, 2.24) is 9.80 Å². The Labute approximate surface area is 86.3 Å². The second kappa shape index (κ2) is 4.85. The van der Waals surface area contributed by atoms with Gasteiger partial charge in [-0.3, -0.25) is 0 Å². The Morgan fingerprint density at radius 2 is 2.00 bits per heavy atom. The lowest BCUT2D eigenvalue weighted by molar-refractivity contribution is -0.00000235. The third-order valence-corrected chi connectivity index (χ3v) is 2.04. The van der Waals surface area contributed by atoms with E-state index in [9.17, 15) is 0 Å². The van der Waals surface area contributed by atoms with Gasteiger partial charge in [0.1, 0.15) is 0 Å². The standard InChI is InChI=1S/C8H16N2.HI/c1-4-5-10-7-6-9(3)8(10)2;/h6-8H,4-5H2,1-3H3;1H/p-1. The maximum absolute atomic E-state index is 2.35. The Balaban J connectivity index is 0.000001000. The average Bonchev–Trinajstić information content (AvgIpc) is 2.20. The largest absolute Gasteiger partial charge is 1.00 e. The molecule has 0 saturated carbocycles. The van der Waals surface area contributed by atoms with Crippen molar-refractivity contribution in [3.05, 3.63) is 12.4 Å². The highest BCUT2D eigenvalue weighted by atomic mass is 127. The number of rotatable bonds is 2. The molecule has 2 nitrogen and oxygen atoms in total. The summed E-state index contributed by atoms with van der Waals surface area (Å²) in [6, 6.07) is 0. The van der Waals surface area contributed by atoms with Crippen molar-refractivity contribution in [2.45, 2.75) is 26.4 Å². The highest BCUT2D eigenvalue weighted by Crippen LogP contribution is 2.12. The Bertz CT molecular complexity index is 136. The fourth-order valence-corrected chi connectivity index (χ4v) is 1.19. The van der Waals surface area contributed by atoms with E-state index < -0.39 is 0 Å². The molecule has 0 spiro atoms. The van der Waals surface area contributed by atoms with Crippen molar-refractivity contribution < 1.29 is 24.0 Å². The molecule has 1 rings (SSSR count). The lowest BCUT2D eigenvalue weighted by Crippen LogP contribution is -3.00. The Morgan fingerprint density at radius 3 is 2.36 bits per heavy atom. The minimum absolute atomic E-state index is 0. The molecular formula is C8H16IN2-. The third-order valence-electron chi connectivity index (χ3n) is 2.04. The summed E-state index contributed by atoms with van der Waals surface area (Å²) in [4.78, 5) is 4.57. The van der Waals surface area contributed by atoms with Gasteiger partial charge < -0.3 is 33.8 Å². The normalized spacial score (nSPS) is 22.3. The minimum Gasteiger partial charge on any atom is -1.00 e. The molecule has 1 heterocycles. The molecule has 0 aromatic rings. The molecule has 66 valence electrons. The van der Waals surface area contributed by atoms with E-state index in [-0.39, 0.29) is 24.0 Å². The zero-order valence-electron chi connectivity index (χ0n) is 7.42. The highest BCUT2D eigenvalue weighted by Gasteiger charge is 2.16. The van der Waals surface area contributed by atoms with E-state index in [2.05, 4.69) is 43.1 Å². The molecule has 1 aliphatic heterocycles. The summed E-state index contributed by atoms with van der Waals surface area (Å²) < 4.78 is 0. The molecule has 0 saturated heterocycles. The summed E-state index contributed by atoms with van der Waals surface area (Å²) in [5.74, 6) is 0. The first-order chi connectivity index (χ1) is 4.75. The van der Waals surface area contributed by atoms with Gasteiger partial charge in [-0.2, -0.15) is 0 Å². The first kappa shape index (κ1) is 11.1. The van der Waals surface area contributed by atoms with Gasteiger partial charge in [0, 0.05) is 26.0 Å². The lowest BCUT2D eigenvalue weighted by atomic mass is 10.4. The van der Waals surface area contributed by atoms with Gasteiger partial charge in [-0.15, -0.1) is 0 Å². The number of halogens is 1. The second-order valence-corrected chi connectivity index (χ2v) is 2.83. The molecule has 0 aliphatic carbocycles. The third kappa shape index (κ3) is 2.54. The Kier molecular flexibility index (Phi) is 4.88. The van der Waals surface area contributed by atoms with Crippen LogP contribution in [0, 0.1) is 0 Å². The van der Waals surface area contributed by atoms with Crippen LogP contribution in [0.25, 0.3) is 0 Å². The number of hydrogen-bond donors (Lipinski definition) is 0. The first-order valence-electron chi connectivity index (χ1n) is 3.91. The molecule has 11 heavy (non-hydrogen) atoms. The van der Waals surface area contributed by atoms with Gasteiger partial charge in [0.05, 0.1) is 6.17 Å². The van der Waals surface area contributed by atoms with Crippen molar-refractivity contribution in [2.75, 3.05) is 13.6 Å². The summed E-state index contributed by atoms with van der Waals surface area (Å²) in [6.07, 6.45) is 6.07. The van der Waals surface area contributed by atoms with Crippen LogP contribution in [0.4, 0.5) is 0 Å². The average molecular weight is 267 g/mol. The summed E-state index contributed by atoms with van der Waals surface area (Å²) in [7, 11) is 2.11. The van der Waals surface area contributed by atoms with Gasteiger partial charge in [-0.1, -0.05) is 6.92 Å². The molecule has 1 aliphatic rings. The Morgan fingerprint density at radius 1 is 1.36 bits per heavy atom. The van der Waals surface area contributed by atoms with Gasteiger partial charge >= 0.3 is 0 Å². The number of hydrogen-bond acceptors (Lipinski definition) is 2. The molecule has 0 amide bonds. The van der Waals surface area contributed by atoms with Crippen LogP contribution in [0.1, 0.15) is 20.3 Å². The van der Waals surface area contributed by atoms with Gasteiger partial charge in [0.25, 0.3) is 0 Å². The van der Waals surface area contributed by atoms with Crippen molar-refractivity contribution >= 4 is 0 Å². The van der Waals surface area contributed by atoms with E-state index in [0.717, 1.165) is 0 Å². The second-order valence-electron chi connectivity index (χ2n) is 2.83. The van der Waals surface area contributed by atoms with E-state index in [4.69, 9.17) is 0 Å². The molecule has 3 heteroatoms. The highest BCUT2D eigenvalue weighted by molar-refractivity contribution is 4.93. The smallest absolute Gasteiger partial charge is 0.0974 e. The van der Waals surface area contributed by atoms with Gasteiger partial charge in [0.2, 0.25) is 0 Å². The molecule has 0 aromatic carbocycles. The van der Waals surface area contributed by atoms with Gasteiger partial charge in [-0.05, 0) is 13.3 Å². The van der Waals surface area contributed by atoms with E-state index >= 15 is 0 Å². The van der Waals surface area contributed by atoms with Gasteiger partial charge in [-0.25, -0.2) is 0 Å². The lowest BCUT2D eigenvalue weighted by Gasteiger charge is -2.26. The Hall–Kier alpha value is 0.0700. The van der Waals surface area contributed by atoms with Crippen LogP contribution in [0.3, 0.4) is 0 Å². The van der Waals surface area contributed by atoms with Crippen LogP contribution in [0.2, 0.25) is 0 Å². The minimum atomic E-state index is 0. The fourth-order valence-electron chi connectivity index (χ4n) is 1.19. The van der Waals surface area contributed by atoms with Crippen molar-refractivity contribution in [3.8, 4) is 0 Å². The summed E-state index contributed by atoms with van der Waals surface area (Å²) in [5, 5.41) is 0. The van der Waals surface area contributed by atoms with E-state index in [0.29, 0.717) is 6.17 Å². The SMILES string of the molecule is CCCN1C=CN(C)C1C.[I-]. The van der Waals surface area contributed by atoms with E-state index in [1.54, 1.807) is 0 Å². The van der Waals surface area contributed by atoms with E-state index in [1.807, 2.05) is 0 Å². The molecule has 1 unspecified atom stereocenters. The topological polar surface area (TPSA) is 6.48 Å². The fraction of sp³-hybridized carbons (Fsp3) is 0.750. The van der Waals surface area contributed by atoms with Crippen molar-refractivity contribution in [2.24, 2.45) is 0 Å². The van der Waals surface area contributed by atoms with Crippen LogP contribution in [0.15, 0.2) is 12.4 Å². The zero-order chi connectivity index (χ0) is 7.56. The summed E-state index contributed by atoms with van der Waals surface area (Å²) >= 11 is 0. The van der Waals surface area contributed by atoms with Gasteiger partial charge in [0.15, 0.2) is 0 Å².